The van der Waals surface area contributed by atoms with Crippen molar-refractivity contribution in [1.82, 2.24) is 24.2 Å². The van der Waals surface area contributed by atoms with E-state index in [0.717, 1.165) is 18.0 Å². The van der Waals surface area contributed by atoms with Gasteiger partial charge in [-0.05, 0) is 0 Å². The van der Waals surface area contributed by atoms with Crippen LogP contribution in [0.1, 0.15) is 0 Å². The van der Waals surface area contributed by atoms with Crippen molar-refractivity contribution >= 4 is 39.6 Å². The Morgan fingerprint density at radius 1 is 1.14 bits per heavy atom. The first-order valence-electron chi connectivity index (χ1n) is 6.38. The van der Waals surface area contributed by atoms with Crippen LogP contribution in [0.3, 0.4) is 0 Å². The van der Waals surface area contributed by atoms with Crippen molar-refractivity contribution < 1.29 is 13.2 Å². The first-order valence-corrected chi connectivity index (χ1v) is 9.22. The molecule has 0 unspecified atom stereocenters. The molecular formula is C10H17N7O3S2. The molecule has 2 rings (SSSR count). The average Bonchev–Trinajstić information content (AvgIpc) is 2.43. The highest BCUT2D eigenvalue weighted by Crippen LogP contribution is 2.16. The fourth-order valence-electron chi connectivity index (χ4n) is 1.94. The largest absolute Gasteiger partial charge is 0.368 e. The predicted molar refractivity (Wildman–Crippen MR) is 82.4 cm³/mol. The van der Waals surface area contributed by atoms with Gasteiger partial charge < -0.3 is 16.4 Å². The summed E-state index contributed by atoms with van der Waals surface area (Å²) in [5.74, 6) is 0.0195. The van der Waals surface area contributed by atoms with E-state index in [0.29, 0.717) is 26.2 Å². The molecule has 12 heteroatoms. The van der Waals surface area contributed by atoms with Gasteiger partial charge in [0, 0.05) is 26.2 Å². The minimum Gasteiger partial charge on any atom is -0.368 e. The standard InChI is InChI=1S/C10H17N7O3S2/c1-22(19,20)17-4-2-16(3-5-17)7(18)6-21-10-14-8(11)13-9(12)15-10/h2-6H2,1H3,(H4,11,12,13,14,15). The Morgan fingerprint density at radius 2 is 1.68 bits per heavy atom. The van der Waals surface area contributed by atoms with Crippen LogP contribution in [0.15, 0.2) is 5.16 Å². The molecular weight excluding hydrogens is 330 g/mol. The maximum atomic E-state index is 12.1. The van der Waals surface area contributed by atoms with Gasteiger partial charge >= 0.3 is 0 Å². The maximum absolute atomic E-state index is 12.1. The van der Waals surface area contributed by atoms with Crippen LogP contribution in [-0.2, 0) is 14.8 Å². The summed E-state index contributed by atoms with van der Waals surface area (Å²) in [6, 6.07) is 0. The highest BCUT2D eigenvalue weighted by molar-refractivity contribution is 7.99. The van der Waals surface area contributed by atoms with Crippen molar-refractivity contribution in [3.8, 4) is 0 Å². The number of sulfonamides is 1. The smallest absolute Gasteiger partial charge is 0.233 e. The van der Waals surface area contributed by atoms with Crippen LogP contribution in [0, 0.1) is 0 Å². The molecule has 1 amide bonds. The molecule has 4 N–H and O–H groups in total. The van der Waals surface area contributed by atoms with Crippen molar-refractivity contribution in [3.05, 3.63) is 0 Å². The van der Waals surface area contributed by atoms with Gasteiger partial charge in [0.05, 0.1) is 12.0 Å². The van der Waals surface area contributed by atoms with Crippen molar-refractivity contribution in [1.29, 1.82) is 0 Å². The van der Waals surface area contributed by atoms with Crippen molar-refractivity contribution in [2.24, 2.45) is 0 Å². The molecule has 1 saturated heterocycles. The number of anilines is 2. The fourth-order valence-corrected chi connectivity index (χ4v) is 3.52. The molecule has 1 aromatic heterocycles. The molecule has 22 heavy (non-hydrogen) atoms. The van der Waals surface area contributed by atoms with Crippen molar-refractivity contribution in [2.75, 3.05) is 49.7 Å². The molecule has 0 radical (unpaired) electrons. The molecule has 10 nitrogen and oxygen atoms in total. The number of thioether (sulfide) groups is 1. The summed E-state index contributed by atoms with van der Waals surface area (Å²) >= 11 is 1.11. The molecule has 2 heterocycles. The topological polar surface area (TPSA) is 148 Å². The fraction of sp³-hybridized carbons (Fsp3) is 0.600. The summed E-state index contributed by atoms with van der Waals surface area (Å²) in [6.07, 6.45) is 1.16. The number of aromatic nitrogens is 3. The van der Waals surface area contributed by atoms with Gasteiger partial charge in [0.25, 0.3) is 0 Å². The predicted octanol–water partition coefficient (Wildman–Crippen LogP) is -1.77. The van der Waals surface area contributed by atoms with E-state index < -0.39 is 10.0 Å². The molecule has 1 aromatic rings. The average molecular weight is 347 g/mol. The van der Waals surface area contributed by atoms with Crippen LogP contribution in [-0.4, -0.2) is 76.7 Å². The lowest BCUT2D eigenvalue weighted by atomic mass is 10.3. The molecule has 1 aliphatic heterocycles. The minimum atomic E-state index is -3.20. The normalized spacial score (nSPS) is 16.7. The highest BCUT2D eigenvalue weighted by atomic mass is 32.2. The number of carbonyl (C=O) groups is 1. The zero-order valence-corrected chi connectivity index (χ0v) is 13.6. The molecule has 1 fully saturated rings. The van der Waals surface area contributed by atoms with Crippen LogP contribution in [0.5, 0.6) is 0 Å². The number of nitrogens with zero attached hydrogens (tertiary/aromatic N) is 5. The van der Waals surface area contributed by atoms with Crippen LogP contribution >= 0.6 is 11.8 Å². The Hall–Kier alpha value is -1.66. The van der Waals surface area contributed by atoms with E-state index in [-0.39, 0.29) is 28.7 Å². The van der Waals surface area contributed by atoms with Gasteiger partial charge in [-0.15, -0.1) is 0 Å². The van der Waals surface area contributed by atoms with E-state index in [1.165, 1.54) is 4.31 Å². The minimum absolute atomic E-state index is 0.00390. The van der Waals surface area contributed by atoms with Gasteiger partial charge in [0.1, 0.15) is 0 Å². The van der Waals surface area contributed by atoms with E-state index in [1.807, 2.05) is 0 Å². The molecule has 0 aliphatic carbocycles. The number of piperazine rings is 1. The van der Waals surface area contributed by atoms with E-state index in [2.05, 4.69) is 15.0 Å². The Morgan fingerprint density at radius 3 is 2.18 bits per heavy atom. The lowest BCUT2D eigenvalue weighted by Crippen LogP contribution is -2.50. The van der Waals surface area contributed by atoms with E-state index in [9.17, 15) is 13.2 Å². The second-order valence-electron chi connectivity index (χ2n) is 4.67. The summed E-state index contributed by atoms with van der Waals surface area (Å²) in [5, 5.41) is 0.285. The molecule has 0 bridgehead atoms. The zero-order chi connectivity index (χ0) is 16.3. The first-order chi connectivity index (χ1) is 10.3. The molecule has 0 saturated carbocycles. The Balaban J connectivity index is 1.86. The Kier molecular flexibility index (Phi) is 5.03. The number of hydrogen-bond acceptors (Lipinski definition) is 9. The summed E-state index contributed by atoms with van der Waals surface area (Å²) in [5.41, 5.74) is 10.9. The van der Waals surface area contributed by atoms with Gasteiger partial charge in [-0.1, -0.05) is 11.8 Å². The zero-order valence-electron chi connectivity index (χ0n) is 12.0. The van der Waals surface area contributed by atoms with Gasteiger partial charge in [-0.2, -0.15) is 19.3 Å². The Bertz CT molecular complexity index is 638. The number of hydrogen-bond donors (Lipinski definition) is 2. The third-order valence-electron chi connectivity index (χ3n) is 3.03. The van der Waals surface area contributed by atoms with Gasteiger partial charge in [-0.25, -0.2) is 8.42 Å². The van der Waals surface area contributed by atoms with Crippen LogP contribution in [0.2, 0.25) is 0 Å². The maximum Gasteiger partial charge on any atom is 0.233 e. The van der Waals surface area contributed by atoms with E-state index in [4.69, 9.17) is 11.5 Å². The quantitative estimate of drug-likeness (QED) is 0.603. The molecule has 0 spiro atoms. The molecule has 1 aliphatic rings. The lowest BCUT2D eigenvalue weighted by Gasteiger charge is -2.33. The van der Waals surface area contributed by atoms with E-state index in [1.54, 1.807) is 4.90 Å². The second kappa shape index (κ2) is 6.62. The summed E-state index contributed by atoms with van der Waals surface area (Å²) < 4.78 is 24.2. The van der Waals surface area contributed by atoms with Gasteiger partial charge in [0.2, 0.25) is 27.8 Å². The SMILES string of the molecule is CS(=O)(=O)N1CCN(C(=O)CSc2nc(N)nc(N)n2)CC1. The van der Waals surface area contributed by atoms with Crippen LogP contribution in [0.4, 0.5) is 11.9 Å². The lowest BCUT2D eigenvalue weighted by molar-refractivity contribution is -0.129. The molecule has 0 aromatic carbocycles. The summed E-state index contributed by atoms with van der Waals surface area (Å²) in [7, 11) is -3.20. The summed E-state index contributed by atoms with van der Waals surface area (Å²) in [6.45, 7) is 1.35. The third kappa shape index (κ3) is 4.42. The number of nitrogens with two attached hydrogens (primary N) is 2. The third-order valence-corrected chi connectivity index (χ3v) is 5.17. The number of nitrogen functional groups attached to an aromatic ring is 2. The number of carbonyl (C=O) groups excluding carboxylic acids is 1. The number of rotatable bonds is 4. The molecule has 0 atom stereocenters. The van der Waals surface area contributed by atoms with Crippen LogP contribution in [0.25, 0.3) is 0 Å². The van der Waals surface area contributed by atoms with Gasteiger partial charge in [-0.3, -0.25) is 4.79 Å². The van der Waals surface area contributed by atoms with Gasteiger partial charge in [0.15, 0.2) is 5.16 Å². The van der Waals surface area contributed by atoms with Crippen molar-refractivity contribution in [3.63, 3.8) is 0 Å². The van der Waals surface area contributed by atoms with Crippen LogP contribution < -0.4 is 11.5 Å². The summed E-state index contributed by atoms with van der Waals surface area (Å²) in [4.78, 5) is 25.1. The first kappa shape index (κ1) is 16.7. The second-order valence-corrected chi connectivity index (χ2v) is 7.59. The highest BCUT2D eigenvalue weighted by Gasteiger charge is 2.26. The Labute approximate surface area is 132 Å². The monoisotopic (exact) mass is 347 g/mol. The van der Waals surface area contributed by atoms with E-state index >= 15 is 0 Å². The number of amides is 1. The van der Waals surface area contributed by atoms with Crippen molar-refractivity contribution in [2.45, 2.75) is 5.16 Å². The molecule has 122 valence electrons.